The zero-order valence-electron chi connectivity index (χ0n) is 20.1. The number of nitro groups is 1. The minimum Gasteiger partial charge on any atom is -0.474 e. The van der Waals surface area contributed by atoms with Crippen LogP contribution >= 0.6 is 15.9 Å². The number of ether oxygens (including phenoxy) is 1. The zero-order valence-corrected chi connectivity index (χ0v) is 21.7. The van der Waals surface area contributed by atoms with Crippen molar-refractivity contribution >= 4 is 21.7 Å². The van der Waals surface area contributed by atoms with Crippen molar-refractivity contribution in [2.45, 2.75) is 44.2 Å². The van der Waals surface area contributed by atoms with Crippen LogP contribution in [0.3, 0.4) is 0 Å². The molecule has 190 valence electrons. The number of rotatable bonds is 9. The van der Waals surface area contributed by atoms with E-state index in [4.69, 9.17) is 9.84 Å². The van der Waals surface area contributed by atoms with Gasteiger partial charge in [0, 0.05) is 55.2 Å². The van der Waals surface area contributed by atoms with Crippen LogP contribution in [-0.4, -0.2) is 29.5 Å². The largest absolute Gasteiger partial charge is 0.474 e. The van der Waals surface area contributed by atoms with Gasteiger partial charge in [-0.1, -0.05) is 0 Å². The topological polar surface area (TPSA) is 101 Å². The van der Waals surface area contributed by atoms with Gasteiger partial charge >= 0.3 is 5.82 Å². The molecule has 0 radical (unpaired) electrons. The monoisotopic (exact) mass is 566 g/mol. The van der Waals surface area contributed by atoms with Crippen LogP contribution in [0.5, 0.6) is 5.75 Å². The Morgan fingerprint density at radius 1 is 1.24 bits per heavy atom. The molecule has 0 amide bonds. The van der Waals surface area contributed by atoms with Crippen LogP contribution in [0.25, 0.3) is 11.3 Å². The maximum atomic E-state index is 14.6. The first-order chi connectivity index (χ1) is 17.8. The normalized spacial score (nSPS) is 16.1. The highest BCUT2D eigenvalue weighted by molar-refractivity contribution is 9.10. The molecule has 0 N–H and O–H groups in total. The van der Waals surface area contributed by atoms with Gasteiger partial charge in [-0.15, -0.1) is 0 Å². The Bertz CT molecular complexity index is 1510. The summed E-state index contributed by atoms with van der Waals surface area (Å²) in [5.74, 6) is -0.0191. The number of hydrogen-bond acceptors (Lipinski definition) is 6. The van der Waals surface area contributed by atoms with Crippen LogP contribution in [0.15, 0.2) is 53.5 Å². The van der Waals surface area contributed by atoms with Gasteiger partial charge in [-0.05, 0) is 81.2 Å². The van der Waals surface area contributed by atoms with Crippen molar-refractivity contribution in [3.05, 3.63) is 86.1 Å². The molecule has 1 aromatic carbocycles. The molecule has 9 nitrogen and oxygen atoms in total. The predicted octanol–water partition coefficient (Wildman–Crippen LogP) is 5.56. The molecule has 6 rings (SSSR count). The number of aryl methyl sites for hydroxylation is 1. The molecule has 3 aromatic heterocycles. The summed E-state index contributed by atoms with van der Waals surface area (Å²) in [5, 5.41) is 20.8. The maximum Gasteiger partial charge on any atom is 0.406 e. The van der Waals surface area contributed by atoms with E-state index in [1.165, 1.54) is 37.2 Å². The van der Waals surface area contributed by atoms with E-state index in [1.807, 2.05) is 24.1 Å². The smallest absolute Gasteiger partial charge is 0.406 e. The highest BCUT2D eigenvalue weighted by Crippen LogP contribution is 2.53. The van der Waals surface area contributed by atoms with Crippen molar-refractivity contribution in [3.63, 3.8) is 0 Å². The second kappa shape index (κ2) is 9.05. The van der Waals surface area contributed by atoms with Crippen molar-refractivity contribution in [3.8, 4) is 17.0 Å². The molecule has 0 bridgehead atoms. The Kier molecular flexibility index (Phi) is 5.82. The van der Waals surface area contributed by atoms with Crippen LogP contribution in [-0.2, 0) is 25.6 Å². The van der Waals surface area contributed by atoms with E-state index < -0.39 is 16.3 Å². The van der Waals surface area contributed by atoms with Gasteiger partial charge < -0.3 is 14.9 Å². The first-order valence-electron chi connectivity index (χ1n) is 12.1. The Morgan fingerprint density at radius 2 is 2.05 bits per heavy atom. The lowest BCUT2D eigenvalue weighted by atomic mass is 9.94. The van der Waals surface area contributed by atoms with E-state index >= 15 is 0 Å². The Hall–Kier alpha value is -3.60. The molecule has 11 heteroatoms. The summed E-state index contributed by atoms with van der Waals surface area (Å²) >= 11 is 3.31. The second-order valence-electron chi connectivity index (χ2n) is 9.89. The fourth-order valence-corrected chi connectivity index (χ4v) is 5.06. The van der Waals surface area contributed by atoms with E-state index in [9.17, 15) is 14.5 Å². The lowest BCUT2D eigenvalue weighted by Gasteiger charge is -2.21. The lowest BCUT2D eigenvalue weighted by molar-refractivity contribution is -0.390. The summed E-state index contributed by atoms with van der Waals surface area (Å²) in [6.45, 7) is 0.943. The van der Waals surface area contributed by atoms with Crippen molar-refractivity contribution in [2.24, 2.45) is 13.0 Å². The molecule has 0 spiro atoms. The molecule has 0 aliphatic heterocycles. The Morgan fingerprint density at radius 3 is 2.78 bits per heavy atom. The summed E-state index contributed by atoms with van der Waals surface area (Å²) in [6, 6.07) is 6.09. The van der Waals surface area contributed by atoms with E-state index in [1.54, 1.807) is 10.7 Å². The molecule has 2 aliphatic rings. The summed E-state index contributed by atoms with van der Waals surface area (Å²) in [5.41, 5.74) is 3.23. The molecule has 0 saturated heterocycles. The van der Waals surface area contributed by atoms with Crippen LogP contribution in [0.2, 0.25) is 0 Å². The van der Waals surface area contributed by atoms with Gasteiger partial charge in [-0.3, -0.25) is 9.36 Å². The first-order valence-corrected chi connectivity index (χ1v) is 12.9. The molecule has 2 aliphatic carbocycles. The lowest BCUT2D eigenvalue weighted by Crippen LogP contribution is -2.18. The van der Waals surface area contributed by atoms with Gasteiger partial charge in [0.1, 0.15) is 11.4 Å². The third kappa shape index (κ3) is 4.87. The van der Waals surface area contributed by atoms with E-state index in [0.29, 0.717) is 29.3 Å². The van der Waals surface area contributed by atoms with Crippen molar-refractivity contribution < 1.29 is 14.1 Å². The predicted molar refractivity (Wildman–Crippen MR) is 136 cm³/mol. The van der Waals surface area contributed by atoms with Gasteiger partial charge in [0.15, 0.2) is 6.20 Å². The van der Waals surface area contributed by atoms with Gasteiger partial charge in [-0.2, -0.15) is 10.2 Å². The molecule has 0 unspecified atom stereocenters. The minimum atomic E-state index is -0.908. The highest BCUT2D eigenvalue weighted by atomic mass is 79.9. The Balaban J connectivity index is 1.36. The molecule has 37 heavy (non-hydrogen) atoms. The molecular formula is C26H24BrFN6O3. The van der Waals surface area contributed by atoms with Crippen molar-refractivity contribution in [2.75, 3.05) is 0 Å². The number of hydrogen-bond donors (Lipinski definition) is 0. The van der Waals surface area contributed by atoms with Gasteiger partial charge in [-0.25, -0.2) is 4.39 Å². The summed E-state index contributed by atoms with van der Waals surface area (Å²) in [6.07, 6.45) is 11.6. The standard InChI is InChI=1S/C26H24BrFN6O3/c1-32-15-18(8-17-11-30-33(14-17)13-16-2-3-16)24(31-32)21-5-4-20(28)10-22(21)26(6-7-26)37-23-9-19(27)12-29-25(23)34(35)36/h4-5,9-12,14-16H,2-3,6-8,13H2,1H3. The average molecular weight is 567 g/mol. The minimum absolute atomic E-state index is 0.0383. The number of aromatic nitrogens is 5. The van der Waals surface area contributed by atoms with E-state index in [-0.39, 0.29) is 11.6 Å². The van der Waals surface area contributed by atoms with Crippen molar-refractivity contribution in [1.82, 2.24) is 24.5 Å². The molecule has 2 fully saturated rings. The summed E-state index contributed by atoms with van der Waals surface area (Å²) in [7, 11) is 1.85. The van der Waals surface area contributed by atoms with Crippen LogP contribution < -0.4 is 4.74 Å². The number of benzene rings is 1. The van der Waals surface area contributed by atoms with E-state index in [2.05, 4.69) is 32.2 Å². The van der Waals surface area contributed by atoms with Crippen LogP contribution in [0, 0.1) is 21.8 Å². The molecule has 4 aromatic rings. The maximum absolute atomic E-state index is 14.6. The number of nitrogens with zero attached hydrogens (tertiary/aromatic N) is 6. The second-order valence-corrected chi connectivity index (χ2v) is 10.8. The fraction of sp³-hybridized carbons (Fsp3) is 0.346. The van der Waals surface area contributed by atoms with Crippen LogP contribution in [0.1, 0.15) is 42.4 Å². The quantitative estimate of drug-likeness (QED) is 0.194. The van der Waals surface area contributed by atoms with Crippen LogP contribution in [0.4, 0.5) is 10.2 Å². The SMILES string of the molecule is Cn1cc(Cc2cnn(CC3CC3)c2)c(-c2ccc(F)cc2C2(Oc3cc(Br)cnc3[N+](=O)[O-])CC2)n1. The summed E-state index contributed by atoms with van der Waals surface area (Å²) in [4.78, 5) is 14.9. The van der Waals surface area contributed by atoms with Crippen molar-refractivity contribution in [1.29, 1.82) is 0 Å². The molecule has 2 saturated carbocycles. The Labute approximate surface area is 220 Å². The number of pyridine rings is 1. The number of halogens is 2. The van der Waals surface area contributed by atoms with E-state index in [0.717, 1.165) is 34.8 Å². The highest BCUT2D eigenvalue weighted by Gasteiger charge is 2.50. The van der Waals surface area contributed by atoms with Gasteiger partial charge in [0.25, 0.3) is 0 Å². The zero-order chi connectivity index (χ0) is 25.7. The third-order valence-corrected chi connectivity index (χ3v) is 7.27. The molecular weight excluding hydrogens is 543 g/mol. The van der Waals surface area contributed by atoms with Gasteiger partial charge in [0.05, 0.1) is 16.4 Å². The molecule has 3 heterocycles. The third-order valence-electron chi connectivity index (χ3n) is 6.84. The van der Waals surface area contributed by atoms with Gasteiger partial charge in [0.2, 0.25) is 5.75 Å². The summed E-state index contributed by atoms with van der Waals surface area (Å²) < 4.78 is 25.1. The average Bonchev–Trinajstić information content (AvgIpc) is 3.75. The first kappa shape index (κ1) is 23.8. The molecule has 0 atom stereocenters. The fourth-order valence-electron chi connectivity index (χ4n) is 4.75.